The van der Waals surface area contributed by atoms with E-state index < -0.39 is 23.4 Å². The van der Waals surface area contributed by atoms with E-state index in [1.165, 1.54) is 13.2 Å². The van der Waals surface area contributed by atoms with Crippen LogP contribution >= 0.6 is 15.9 Å². The van der Waals surface area contributed by atoms with Crippen molar-refractivity contribution in [3.63, 3.8) is 0 Å². The average molecular weight is 466 g/mol. The molecule has 150 valence electrons. The maximum Gasteiger partial charge on any atom is 0.226 e. The van der Waals surface area contributed by atoms with Gasteiger partial charge in [-0.3, -0.25) is 19.2 Å². The molecule has 6 nitrogen and oxygen atoms in total. The van der Waals surface area contributed by atoms with Crippen LogP contribution in [0.3, 0.4) is 0 Å². The van der Waals surface area contributed by atoms with Crippen molar-refractivity contribution in [1.82, 2.24) is 4.90 Å². The number of Topliss-reactive ketones (excluding diaryl/α,β-unsaturated/α-hetero) is 3. The number of ether oxygens (including phenoxy) is 1. The van der Waals surface area contributed by atoms with Crippen molar-refractivity contribution in [2.24, 2.45) is 0 Å². The first-order valence-corrected chi connectivity index (χ1v) is 10.2. The number of rotatable bonds is 2. The second-order valence-electron chi connectivity index (χ2n) is 7.77. The minimum absolute atomic E-state index is 0.0406. The molecule has 1 aromatic carbocycles. The fourth-order valence-electron chi connectivity index (χ4n) is 4.97. The average Bonchev–Trinajstić information content (AvgIpc) is 2.73. The molecule has 0 saturated carbocycles. The van der Waals surface area contributed by atoms with Crippen molar-refractivity contribution >= 4 is 39.1 Å². The van der Waals surface area contributed by atoms with Gasteiger partial charge in [-0.1, -0.05) is 24.3 Å². The van der Waals surface area contributed by atoms with Gasteiger partial charge in [0.25, 0.3) is 0 Å². The van der Waals surface area contributed by atoms with Gasteiger partial charge in [0, 0.05) is 54.3 Å². The van der Waals surface area contributed by atoms with Crippen LogP contribution in [0.2, 0.25) is 0 Å². The van der Waals surface area contributed by atoms with Crippen molar-refractivity contribution in [3.05, 3.63) is 79.7 Å². The summed E-state index contributed by atoms with van der Waals surface area (Å²) in [6, 6.07) is 7.36. The first kappa shape index (κ1) is 18.9. The topological polar surface area (TPSA) is 80.8 Å². The van der Waals surface area contributed by atoms with Crippen molar-refractivity contribution in [1.29, 1.82) is 0 Å². The summed E-state index contributed by atoms with van der Waals surface area (Å²) in [5, 5.41) is 0. The van der Waals surface area contributed by atoms with Gasteiger partial charge in [-0.15, -0.1) is 0 Å². The third-order valence-electron chi connectivity index (χ3n) is 6.14. The lowest BCUT2D eigenvalue weighted by atomic mass is 9.56. The number of halogens is 1. The van der Waals surface area contributed by atoms with E-state index >= 15 is 0 Å². The molecule has 1 aromatic rings. The van der Waals surface area contributed by atoms with E-state index in [4.69, 9.17) is 4.74 Å². The van der Waals surface area contributed by atoms with Gasteiger partial charge < -0.3 is 9.64 Å². The zero-order chi connectivity index (χ0) is 21.5. The summed E-state index contributed by atoms with van der Waals surface area (Å²) in [5.74, 6) is -3.03. The Morgan fingerprint density at radius 2 is 1.37 bits per heavy atom. The second-order valence-corrected chi connectivity index (χ2v) is 8.57. The molecule has 5 aliphatic rings. The first-order valence-electron chi connectivity index (χ1n) is 9.37. The number of nitrogens with zero attached hydrogens (tertiary/aromatic N) is 1. The van der Waals surface area contributed by atoms with E-state index in [0.717, 1.165) is 11.1 Å². The molecule has 2 bridgehead atoms. The molecule has 0 amide bonds. The van der Waals surface area contributed by atoms with Crippen LogP contribution in [0, 0.1) is 0 Å². The number of benzene rings is 1. The molecule has 5 aliphatic carbocycles. The Morgan fingerprint density at radius 3 is 1.93 bits per heavy atom. The van der Waals surface area contributed by atoms with E-state index in [1.54, 1.807) is 19.0 Å². The number of hydrogen-bond acceptors (Lipinski definition) is 6. The standard InChI is InChI=1S/C23H16BrNO5/c1-25(2)11-8-12(26)15-13-9-6-4-5-7-10(9)14(16(15)20(11)27)17-18(13)22(29)23(30-3)19(24)21(17)28/h4-8,13-14H,1-3H3/t13-,14+/m1/s1. The molecule has 0 heterocycles. The number of ketones is 4. The third-order valence-corrected chi connectivity index (χ3v) is 6.86. The zero-order valence-corrected chi connectivity index (χ0v) is 18.0. The highest BCUT2D eigenvalue weighted by atomic mass is 79.9. The van der Waals surface area contributed by atoms with Crippen LogP contribution in [0.4, 0.5) is 0 Å². The number of carbonyl (C=O) groups excluding carboxylic acids is 4. The van der Waals surface area contributed by atoms with E-state index in [1.807, 2.05) is 24.3 Å². The van der Waals surface area contributed by atoms with E-state index in [-0.39, 0.29) is 38.7 Å². The van der Waals surface area contributed by atoms with Crippen LogP contribution in [0.1, 0.15) is 23.0 Å². The summed E-state index contributed by atoms with van der Waals surface area (Å²) >= 11 is 3.21. The van der Waals surface area contributed by atoms with E-state index in [9.17, 15) is 19.2 Å². The van der Waals surface area contributed by atoms with Crippen molar-refractivity contribution in [2.75, 3.05) is 21.2 Å². The van der Waals surface area contributed by atoms with Crippen LogP contribution in [0.25, 0.3) is 0 Å². The molecule has 0 N–H and O–H groups in total. The zero-order valence-electron chi connectivity index (χ0n) is 16.4. The minimum atomic E-state index is -0.769. The van der Waals surface area contributed by atoms with Gasteiger partial charge in [0.1, 0.15) is 4.48 Å². The fourth-order valence-corrected chi connectivity index (χ4v) is 5.52. The Bertz CT molecular complexity index is 1240. The fraction of sp³-hybridized carbons (Fsp3) is 0.217. The molecule has 0 aliphatic heterocycles. The number of carbonyl (C=O) groups is 4. The quantitative estimate of drug-likeness (QED) is 0.624. The Kier molecular flexibility index (Phi) is 3.92. The molecule has 0 spiro atoms. The Hall–Kier alpha value is -3.06. The van der Waals surface area contributed by atoms with Crippen molar-refractivity contribution in [3.8, 4) is 0 Å². The molecule has 30 heavy (non-hydrogen) atoms. The molecule has 0 aromatic heterocycles. The van der Waals surface area contributed by atoms with Crippen molar-refractivity contribution in [2.45, 2.75) is 11.8 Å². The Morgan fingerprint density at radius 1 is 0.833 bits per heavy atom. The maximum atomic E-state index is 13.4. The Labute approximate surface area is 180 Å². The summed E-state index contributed by atoms with van der Waals surface area (Å²) in [5.41, 5.74) is 2.92. The van der Waals surface area contributed by atoms with Gasteiger partial charge in [0.2, 0.25) is 17.3 Å². The molecule has 7 heteroatoms. The summed E-state index contributed by atoms with van der Waals surface area (Å²) < 4.78 is 5.25. The summed E-state index contributed by atoms with van der Waals surface area (Å²) in [6.45, 7) is 0. The monoisotopic (exact) mass is 465 g/mol. The molecule has 2 atom stereocenters. The van der Waals surface area contributed by atoms with E-state index in [2.05, 4.69) is 15.9 Å². The van der Waals surface area contributed by atoms with Gasteiger partial charge in [-0.2, -0.15) is 0 Å². The third kappa shape index (κ3) is 2.13. The van der Waals surface area contributed by atoms with E-state index in [0.29, 0.717) is 11.1 Å². The highest BCUT2D eigenvalue weighted by Gasteiger charge is 2.55. The molecule has 6 rings (SSSR count). The summed E-state index contributed by atoms with van der Waals surface area (Å²) in [6.07, 6.45) is 1.32. The smallest absolute Gasteiger partial charge is 0.226 e. The van der Waals surface area contributed by atoms with Crippen LogP contribution in [0.5, 0.6) is 0 Å². The lowest BCUT2D eigenvalue weighted by molar-refractivity contribution is -0.120. The molecule has 0 unspecified atom stereocenters. The summed E-state index contributed by atoms with van der Waals surface area (Å²) in [7, 11) is 4.72. The van der Waals surface area contributed by atoms with Crippen LogP contribution < -0.4 is 0 Å². The van der Waals surface area contributed by atoms with Crippen LogP contribution in [0.15, 0.2) is 68.6 Å². The second kappa shape index (κ2) is 6.22. The molecule has 0 fully saturated rings. The Balaban J connectivity index is 1.82. The molecular weight excluding hydrogens is 450 g/mol. The summed E-state index contributed by atoms with van der Waals surface area (Å²) in [4.78, 5) is 54.8. The normalized spacial score (nSPS) is 24.7. The molecule has 0 radical (unpaired) electrons. The first-order chi connectivity index (χ1) is 14.3. The van der Waals surface area contributed by atoms with Gasteiger partial charge in [0.15, 0.2) is 11.5 Å². The predicted molar refractivity (Wildman–Crippen MR) is 111 cm³/mol. The van der Waals surface area contributed by atoms with Crippen molar-refractivity contribution < 1.29 is 23.9 Å². The predicted octanol–water partition coefficient (Wildman–Crippen LogP) is 2.48. The largest absolute Gasteiger partial charge is 0.491 e. The number of likely N-dealkylation sites (N-methyl/N-ethyl adjacent to an activating group) is 1. The molecular formula is C23H16BrNO5. The number of hydrogen-bond donors (Lipinski definition) is 0. The van der Waals surface area contributed by atoms with Crippen LogP contribution in [-0.4, -0.2) is 49.2 Å². The minimum Gasteiger partial charge on any atom is -0.491 e. The SMILES string of the molecule is COC1=C(Br)C(=O)C2=C(C1=O)[C@H]1C3=C(C(=O)C(N(C)C)=CC3=O)[C@@H]2c2ccccc21. The van der Waals surface area contributed by atoms with Gasteiger partial charge >= 0.3 is 0 Å². The van der Waals surface area contributed by atoms with Gasteiger partial charge in [0.05, 0.1) is 12.8 Å². The van der Waals surface area contributed by atoms with Gasteiger partial charge in [-0.05, 0) is 27.1 Å². The highest BCUT2D eigenvalue weighted by molar-refractivity contribution is 9.12. The highest BCUT2D eigenvalue weighted by Crippen LogP contribution is 2.59. The molecule has 0 saturated heterocycles. The number of methoxy groups -OCH3 is 1. The maximum absolute atomic E-state index is 13.4. The van der Waals surface area contributed by atoms with Crippen LogP contribution in [-0.2, 0) is 23.9 Å². The number of allylic oxidation sites excluding steroid dienone is 6. The lowest BCUT2D eigenvalue weighted by Gasteiger charge is -2.45. The lowest BCUT2D eigenvalue weighted by Crippen LogP contribution is -2.43. The van der Waals surface area contributed by atoms with Gasteiger partial charge in [-0.25, -0.2) is 0 Å².